The van der Waals surface area contributed by atoms with Crippen LogP contribution in [0.4, 0.5) is 10.1 Å². The number of fused-ring (bicyclic) bond motifs is 1. The van der Waals surface area contributed by atoms with E-state index in [0.29, 0.717) is 5.69 Å². The monoisotopic (exact) mass is 283 g/mol. The average molecular weight is 283 g/mol. The van der Waals surface area contributed by atoms with E-state index in [-0.39, 0.29) is 18.1 Å². The minimum atomic E-state index is -0.312. The Labute approximate surface area is 121 Å². The molecule has 1 aromatic carbocycles. The molecule has 0 aliphatic rings. The quantitative estimate of drug-likeness (QED) is 0.775. The van der Waals surface area contributed by atoms with Gasteiger partial charge < -0.3 is 10.3 Å². The minimum absolute atomic E-state index is 0.147. The van der Waals surface area contributed by atoms with Gasteiger partial charge in [-0.05, 0) is 42.8 Å². The van der Waals surface area contributed by atoms with Gasteiger partial charge in [-0.25, -0.2) is 4.39 Å². The fraction of sp³-hybridized carbons (Fsp3) is 0.125. The summed E-state index contributed by atoms with van der Waals surface area (Å²) in [5.74, 6) is -0.459. The Bertz CT molecular complexity index is 810. The molecule has 3 rings (SSSR count). The molecular weight excluding hydrogens is 269 g/mol. The molecule has 0 saturated carbocycles. The van der Waals surface area contributed by atoms with E-state index in [4.69, 9.17) is 0 Å². The van der Waals surface area contributed by atoms with Crippen molar-refractivity contribution in [1.82, 2.24) is 9.97 Å². The van der Waals surface area contributed by atoms with E-state index >= 15 is 0 Å². The lowest BCUT2D eigenvalue weighted by Crippen LogP contribution is -2.14. The fourth-order valence-corrected chi connectivity index (χ4v) is 2.30. The Kier molecular flexibility index (Phi) is 3.39. The maximum Gasteiger partial charge on any atom is 0.228 e. The number of halogens is 1. The molecule has 106 valence electrons. The number of aromatic nitrogens is 2. The summed E-state index contributed by atoms with van der Waals surface area (Å²) in [5.41, 5.74) is 3.13. The van der Waals surface area contributed by atoms with Crippen molar-refractivity contribution in [3.8, 4) is 0 Å². The predicted octanol–water partition coefficient (Wildman–Crippen LogP) is 3.19. The van der Waals surface area contributed by atoms with Gasteiger partial charge in [0, 0.05) is 34.7 Å². The summed E-state index contributed by atoms with van der Waals surface area (Å²) in [7, 11) is 0. The van der Waals surface area contributed by atoms with Crippen molar-refractivity contribution in [2.45, 2.75) is 13.3 Å². The van der Waals surface area contributed by atoms with Gasteiger partial charge in [0.25, 0.3) is 0 Å². The number of nitrogens with one attached hydrogen (secondary N) is 2. The number of hydrogen-bond donors (Lipinski definition) is 2. The van der Waals surface area contributed by atoms with Crippen LogP contribution in [0.5, 0.6) is 0 Å². The van der Waals surface area contributed by atoms with Crippen molar-refractivity contribution in [2.24, 2.45) is 0 Å². The zero-order valence-electron chi connectivity index (χ0n) is 11.5. The van der Waals surface area contributed by atoms with Gasteiger partial charge in [0.2, 0.25) is 5.91 Å². The Balaban J connectivity index is 1.79. The Hall–Kier alpha value is -2.69. The third-order valence-electron chi connectivity index (χ3n) is 3.26. The van der Waals surface area contributed by atoms with Crippen molar-refractivity contribution in [1.29, 1.82) is 0 Å². The number of nitrogens with zero attached hydrogens (tertiary/aromatic N) is 1. The second-order valence-corrected chi connectivity index (χ2v) is 4.91. The van der Waals surface area contributed by atoms with Crippen LogP contribution < -0.4 is 5.32 Å². The lowest BCUT2D eigenvalue weighted by atomic mass is 10.1. The molecule has 3 aromatic rings. The Morgan fingerprint density at radius 2 is 2.19 bits per heavy atom. The van der Waals surface area contributed by atoms with E-state index in [1.807, 2.05) is 6.92 Å². The Morgan fingerprint density at radius 1 is 1.33 bits per heavy atom. The topological polar surface area (TPSA) is 57.8 Å². The van der Waals surface area contributed by atoms with E-state index in [2.05, 4.69) is 15.3 Å². The molecule has 2 N–H and O–H groups in total. The number of aryl methyl sites for hydroxylation is 1. The highest BCUT2D eigenvalue weighted by molar-refractivity contribution is 5.95. The first-order chi connectivity index (χ1) is 10.1. The number of H-pyrrole nitrogens is 1. The molecule has 21 heavy (non-hydrogen) atoms. The third-order valence-corrected chi connectivity index (χ3v) is 3.26. The van der Waals surface area contributed by atoms with Gasteiger partial charge in [0.1, 0.15) is 5.82 Å². The lowest BCUT2D eigenvalue weighted by molar-refractivity contribution is -0.115. The number of rotatable bonds is 3. The zero-order valence-corrected chi connectivity index (χ0v) is 11.5. The highest BCUT2D eigenvalue weighted by atomic mass is 19.1. The molecule has 4 nitrogen and oxygen atoms in total. The van der Waals surface area contributed by atoms with Crippen LogP contribution in [0.2, 0.25) is 0 Å². The first kappa shape index (κ1) is 13.3. The standard InChI is InChI=1S/C16H14FN3O/c1-10-6-13(4-5-18-10)20-16(21)7-11-9-19-15-3-2-12(17)8-14(11)15/h2-6,8-9,19H,7H2,1H3,(H,18,20,21). The molecule has 2 aromatic heterocycles. The van der Waals surface area contributed by atoms with Crippen LogP contribution in [0, 0.1) is 12.7 Å². The lowest BCUT2D eigenvalue weighted by Gasteiger charge is -2.05. The van der Waals surface area contributed by atoms with Crippen LogP contribution in [0.3, 0.4) is 0 Å². The van der Waals surface area contributed by atoms with Crippen LogP contribution >= 0.6 is 0 Å². The SMILES string of the molecule is Cc1cc(NC(=O)Cc2c[nH]c3ccc(F)cc23)ccn1. The summed E-state index contributed by atoms with van der Waals surface area (Å²) >= 11 is 0. The van der Waals surface area contributed by atoms with Gasteiger partial charge in [-0.1, -0.05) is 0 Å². The summed E-state index contributed by atoms with van der Waals surface area (Å²) in [6.07, 6.45) is 3.57. The largest absolute Gasteiger partial charge is 0.361 e. The first-order valence-corrected chi connectivity index (χ1v) is 6.60. The number of pyridine rings is 1. The summed E-state index contributed by atoms with van der Waals surface area (Å²) < 4.78 is 13.3. The first-order valence-electron chi connectivity index (χ1n) is 6.60. The van der Waals surface area contributed by atoms with E-state index < -0.39 is 0 Å². The number of amides is 1. The summed E-state index contributed by atoms with van der Waals surface area (Å²) in [5, 5.41) is 3.55. The molecule has 0 unspecified atom stereocenters. The molecule has 0 fully saturated rings. The highest BCUT2D eigenvalue weighted by Crippen LogP contribution is 2.20. The molecule has 0 bridgehead atoms. The smallest absolute Gasteiger partial charge is 0.228 e. The summed E-state index contributed by atoms with van der Waals surface area (Å²) in [6, 6.07) is 8.03. The van der Waals surface area contributed by atoms with Crippen molar-refractivity contribution >= 4 is 22.5 Å². The van der Waals surface area contributed by atoms with Crippen LogP contribution in [-0.2, 0) is 11.2 Å². The van der Waals surface area contributed by atoms with Gasteiger partial charge >= 0.3 is 0 Å². The Morgan fingerprint density at radius 3 is 3.00 bits per heavy atom. The van der Waals surface area contributed by atoms with Crippen molar-refractivity contribution in [2.75, 3.05) is 5.32 Å². The number of aromatic amines is 1. The molecule has 0 spiro atoms. The van der Waals surface area contributed by atoms with E-state index in [1.54, 1.807) is 30.6 Å². The highest BCUT2D eigenvalue weighted by Gasteiger charge is 2.10. The average Bonchev–Trinajstić information content (AvgIpc) is 2.81. The van der Waals surface area contributed by atoms with E-state index in [9.17, 15) is 9.18 Å². The predicted molar refractivity (Wildman–Crippen MR) is 79.6 cm³/mol. The van der Waals surface area contributed by atoms with Crippen LogP contribution in [0.15, 0.2) is 42.7 Å². The third kappa shape index (κ3) is 2.91. The van der Waals surface area contributed by atoms with Gasteiger partial charge in [-0.3, -0.25) is 9.78 Å². The molecule has 0 aliphatic heterocycles. The number of benzene rings is 1. The molecule has 0 saturated heterocycles. The van der Waals surface area contributed by atoms with Crippen LogP contribution in [0.1, 0.15) is 11.3 Å². The van der Waals surface area contributed by atoms with Gasteiger partial charge in [-0.15, -0.1) is 0 Å². The van der Waals surface area contributed by atoms with Gasteiger partial charge in [-0.2, -0.15) is 0 Å². The number of carbonyl (C=O) groups is 1. The summed E-state index contributed by atoms with van der Waals surface area (Å²) in [6.45, 7) is 1.86. The molecule has 2 heterocycles. The molecule has 0 aliphatic carbocycles. The molecule has 0 atom stereocenters. The maximum absolute atomic E-state index is 13.3. The fourth-order valence-electron chi connectivity index (χ4n) is 2.30. The van der Waals surface area contributed by atoms with Gasteiger partial charge in [0.15, 0.2) is 0 Å². The molecule has 1 amide bonds. The molecule has 5 heteroatoms. The molecular formula is C16H14FN3O. The second-order valence-electron chi connectivity index (χ2n) is 4.91. The maximum atomic E-state index is 13.3. The minimum Gasteiger partial charge on any atom is -0.361 e. The number of hydrogen-bond acceptors (Lipinski definition) is 2. The zero-order chi connectivity index (χ0) is 14.8. The van der Waals surface area contributed by atoms with Crippen LogP contribution in [0.25, 0.3) is 10.9 Å². The normalized spacial score (nSPS) is 10.8. The van der Waals surface area contributed by atoms with Crippen molar-refractivity contribution in [3.63, 3.8) is 0 Å². The second kappa shape index (κ2) is 5.36. The molecule has 0 radical (unpaired) electrons. The number of carbonyl (C=O) groups excluding carboxylic acids is 1. The summed E-state index contributed by atoms with van der Waals surface area (Å²) in [4.78, 5) is 19.2. The van der Waals surface area contributed by atoms with E-state index in [1.165, 1.54) is 12.1 Å². The van der Waals surface area contributed by atoms with Gasteiger partial charge in [0.05, 0.1) is 6.42 Å². The number of anilines is 1. The van der Waals surface area contributed by atoms with Crippen LogP contribution in [-0.4, -0.2) is 15.9 Å². The van der Waals surface area contributed by atoms with Crippen molar-refractivity contribution in [3.05, 3.63) is 59.8 Å². The van der Waals surface area contributed by atoms with E-state index in [0.717, 1.165) is 22.2 Å². The van der Waals surface area contributed by atoms with Crippen molar-refractivity contribution < 1.29 is 9.18 Å².